The van der Waals surface area contributed by atoms with Crippen LogP contribution >= 0.6 is 36.4 Å². The highest BCUT2D eigenvalue weighted by Crippen LogP contribution is 2.30. The molecule has 3 N–H and O–H groups in total. The molecule has 2 aromatic carbocycles. The minimum atomic E-state index is -1.01. The summed E-state index contributed by atoms with van der Waals surface area (Å²) < 4.78 is 8.34. The van der Waals surface area contributed by atoms with E-state index in [2.05, 4.69) is 15.0 Å². The Morgan fingerprint density at radius 1 is 1.02 bits per heavy atom. The first-order chi connectivity index (χ1) is 19.3. The van der Waals surface area contributed by atoms with E-state index < -0.39 is 5.60 Å². The van der Waals surface area contributed by atoms with Crippen LogP contribution in [0, 0.1) is 0 Å². The van der Waals surface area contributed by atoms with Gasteiger partial charge in [0.15, 0.2) is 5.52 Å². The number of fused-ring (bicyclic) bond motifs is 1. The molecule has 6 rings (SSSR count). The van der Waals surface area contributed by atoms with Crippen molar-refractivity contribution in [2.24, 2.45) is 12.8 Å². The number of piperidine rings is 1. The van der Waals surface area contributed by atoms with Crippen molar-refractivity contribution < 1.29 is 9.52 Å². The van der Waals surface area contributed by atoms with E-state index in [1.807, 2.05) is 48.5 Å². The molecule has 0 radical (unpaired) electrons. The average Bonchev–Trinajstić information content (AvgIpc) is 3.61. The molecule has 42 heavy (non-hydrogen) atoms. The largest absolute Gasteiger partial charge is 0.472 e. The third-order valence-electron chi connectivity index (χ3n) is 7.83. The van der Waals surface area contributed by atoms with E-state index in [4.69, 9.17) is 21.8 Å². The van der Waals surface area contributed by atoms with Crippen LogP contribution in [0.2, 0.25) is 5.02 Å². The lowest BCUT2D eigenvalue weighted by molar-refractivity contribution is -0.0364. The summed E-state index contributed by atoms with van der Waals surface area (Å²) in [6.07, 6.45) is 5.93. The van der Waals surface area contributed by atoms with Crippen LogP contribution in [0.1, 0.15) is 24.0 Å². The maximum atomic E-state index is 13.4. The predicted octanol–water partition coefficient (Wildman–Crippen LogP) is 5.04. The van der Waals surface area contributed by atoms with Gasteiger partial charge in [0.2, 0.25) is 0 Å². The minimum Gasteiger partial charge on any atom is -0.472 e. The molecule has 0 amide bonds. The summed E-state index contributed by atoms with van der Waals surface area (Å²) in [4.78, 5) is 20.3. The number of benzene rings is 2. The Kier molecular flexibility index (Phi) is 9.82. The molecular weight excluding hydrogens is 599 g/mol. The second-order valence-corrected chi connectivity index (χ2v) is 11.0. The molecule has 3 aromatic heterocycles. The van der Waals surface area contributed by atoms with Gasteiger partial charge in [-0.3, -0.25) is 18.9 Å². The Morgan fingerprint density at radius 2 is 1.74 bits per heavy atom. The van der Waals surface area contributed by atoms with Crippen LogP contribution in [-0.4, -0.2) is 48.0 Å². The lowest BCUT2D eigenvalue weighted by atomic mass is 9.91. The summed E-state index contributed by atoms with van der Waals surface area (Å²) in [6, 6.07) is 15.8. The van der Waals surface area contributed by atoms with Crippen molar-refractivity contribution in [2.45, 2.75) is 38.1 Å². The zero-order chi connectivity index (χ0) is 27.9. The van der Waals surface area contributed by atoms with Crippen molar-refractivity contribution >= 4 is 47.4 Å². The number of hydrogen-bond donors (Lipinski definition) is 2. The van der Waals surface area contributed by atoms with Gasteiger partial charge in [-0.1, -0.05) is 48.0 Å². The third-order valence-corrected chi connectivity index (χ3v) is 8.18. The summed E-state index contributed by atoms with van der Waals surface area (Å²) in [5, 5.41) is 16.6. The number of hydrogen-bond acceptors (Lipinski definition) is 7. The third kappa shape index (κ3) is 6.27. The van der Waals surface area contributed by atoms with Crippen molar-refractivity contribution in [1.29, 1.82) is 0 Å². The first-order valence-electron chi connectivity index (χ1n) is 13.3. The van der Waals surface area contributed by atoms with E-state index in [0.717, 1.165) is 33.5 Å². The number of aliphatic hydroxyl groups is 1. The number of aryl methyl sites for hydroxylation is 1. The molecule has 1 saturated heterocycles. The van der Waals surface area contributed by atoms with Gasteiger partial charge in [0.05, 0.1) is 36.7 Å². The standard InChI is InChI=1S/C30H31ClN6O3.2ClH/c1-35-28(21-4-2-20(15-32)3-5-21)26-27(34-35)29(38)37(19-33-26)18-30(39)9-11-36(12-10-30)16-23-7-6-22(14-25(23)31)24-8-13-40-17-24;;/h2-8,13-14,17,19,39H,9-12,15-16,18,32H2,1H3;2*1H. The molecule has 5 aromatic rings. The molecule has 1 fully saturated rings. The lowest BCUT2D eigenvalue weighted by Crippen LogP contribution is -2.47. The van der Waals surface area contributed by atoms with Crippen molar-refractivity contribution in [2.75, 3.05) is 13.1 Å². The Balaban J connectivity index is 0.00000202. The van der Waals surface area contributed by atoms with E-state index in [0.29, 0.717) is 49.6 Å². The number of furan rings is 1. The summed E-state index contributed by atoms with van der Waals surface area (Å²) in [5.74, 6) is 0. The summed E-state index contributed by atoms with van der Waals surface area (Å²) in [7, 11) is 1.80. The van der Waals surface area contributed by atoms with Gasteiger partial charge in [-0.2, -0.15) is 5.10 Å². The smallest absolute Gasteiger partial charge is 0.281 e. The monoisotopic (exact) mass is 630 g/mol. The maximum absolute atomic E-state index is 13.4. The molecular formula is C30H33Cl3N6O3. The van der Waals surface area contributed by atoms with Gasteiger partial charge in [0.25, 0.3) is 5.56 Å². The molecule has 222 valence electrons. The van der Waals surface area contributed by atoms with Crippen LogP contribution in [0.5, 0.6) is 0 Å². The van der Waals surface area contributed by atoms with E-state index in [-0.39, 0.29) is 42.4 Å². The maximum Gasteiger partial charge on any atom is 0.281 e. The molecule has 0 saturated carbocycles. The quantitative estimate of drug-likeness (QED) is 0.259. The van der Waals surface area contributed by atoms with Crippen LogP contribution in [0.25, 0.3) is 33.4 Å². The Bertz CT molecular complexity index is 1710. The molecule has 4 heterocycles. The number of aromatic nitrogens is 4. The van der Waals surface area contributed by atoms with E-state index >= 15 is 0 Å². The molecule has 1 aliphatic rings. The first kappa shape index (κ1) is 31.7. The Morgan fingerprint density at radius 3 is 2.38 bits per heavy atom. The highest BCUT2D eigenvalue weighted by Gasteiger charge is 2.33. The number of rotatable bonds is 7. The highest BCUT2D eigenvalue weighted by atomic mass is 35.5. The molecule has 0 spiro atoms. The molecule has 1 aliphatic heterocycles. The van der Waals surface area contributed by atoms with Crippen molar-refractivity contribution in [3.05, 3.63) is 93.9 Å². The number of halogens is 3. The first-order valence-corrected chi connectivity index (χ1v) is 13.7. The lowest BCUT2D eigenvalue weighted by Gasteiger charge is -2.38. The van der Waals surface area contributed by atoms with Gasteiger partial charge in [0.1, 0.15) is 5.52 Å². The fraction of sp³-hybridized carbons (Fsp3) is 0.300. The molecule has 0 bridgehead atoms. The molecule has 0 unspecified atom stereocenters. The van der Waals surface area contributed by atoms with Gasteiger partial charge in [-0.25, -0.2) is 4.98 Å². The van der Waals surface area contributed by atoms with Gasteiger partial charge < -0.3 is 15.3 Å². The van der Waals surface area contributed by atoms with Gasteiger partial charge in [-0.15, -0.1) is 24.8 Å². The van der Waals surface area contributed by atoms with Gasteiger partial charge in [-0.05, 0) is 41.7 Å². The molecule has 9 nitrogen and oxygen atoms in total. The summed E-state index contributed by atoms with van der Waals surface area (Å²) in [6.45, 7) is 2.70. The van der Waals surface area contributed by atoms with E-state index in [9.17, 15) is 9.90 Å². The van der Waals surface area contributed by atoms with Crippen LogP contribution in [0.4, 0.5) is 0 Å². The summed E-state index contributed by atoms with van der Waals surface area (Å²) in [5.41, 5.74) is 11.0. The molecule has 0 atom stereocenters. The predicted molar refractivity (Wildman–Crippen MR) is 169 cm³/mol. The fourth-order valence-corrected chi connectivity index (χ4v) is 5.70. The number of likely N-dealkylation sites (tertiary alicyclic amines) is 1. The Hall–Kier alpha value is -3.18. The van der Waals surface area contributed by atoms with Crippen LogP contribution in [-0.2, 0) is 26.7 Å². The van der Waals surface area contributed by atoms with E-state index in [1.54, 1.807) is 24.3 Å². The molecule has 12 heteroatoms. The second-order valence-electron chi connectivity index (χ2n) is 10.6. The average molecular weight is 632 g/mol. The fourth-order valence-electron chi connectivity index (χ4n) is 5.46. The van der Waals surface area contributed by atoms with E-state index in [1.165, 1.54) is 10.9 Å². The topological polar surface area (TPSA) is 115 Å². The Labute approximate surface area is 260 Å². The minimum absolute atomic E-state index is 0. The molecule has 0 aliphatic carbocycles. The number of nitrogens with two attached hydrogens (primary N) is 1. The van der Waals surface area contributed by atoms with Crippen LogP contribution < -0.4 is 11.3 Å². The normalized spacial score (nSPS) is 14.9. The highest BCUT2D eigenvalue weighted by molar-refractivity contribution is 6.31. The van der Waals surface area contributed by atoms with Crippen molar-refractivity contribution in [1.82, 2.24) is 24.2 Å². The zero-order valence-corrected chi connectivity index (χ0v) is 25.5. The second kappa shape index (κ2) is 13.0. The van der Waals surface area contributed by atoms with Gasteiger partial charge in [0, 0.05) is 49.4 Å². The van der Waals surface area contributed by atoms with Crippen LogP contribution in [0.3, 0.4) is 0 Å². The number of nitrogens with zero attached hydrogens (tertiary/aromatic N) is 5. The van der Waals surface area contributed by atoms with Crippen molar-refractivity contribution in [3.8, 4) is 22.4 Å². The summed E-state index contributed by atoms with van der Waals surface area (Å²) >= 11 is 6.60. The van der Waals surface area contributed by atoms with Gasteiger partial charge >= 0.3 is 0 Å². The van der Waals surface area contributed by atoms with Crippen LogP contribution in [0.15, 0.2) is 76.6 Å². The zero-order valence-electron chi connectivity index (χ0n) is 23.1. The van der Waals surface area contributed by atoms with Crippen molar-refractivity contribution in [3.63, 3.8) is 0 Å². The SMILES string of the molecule is Cl.Cl.Cn1nc2c(=O)n(CC3(O)CCN(Cc4ccc(-c5ccoc5)cc4Cl)CC3)cnc2c1-c1ccc(CN)cc1.